The fourth-order valence-electron chi connectivity index (χ4n) is 2.15. The molecule has 1 N–H and O–H groups in total. The van der Waals surface area contributed by atoms with Crippen molar-refractivity contribution in [1.82, 2.24) is 4.90 Å². The van der Waals surface area contributed by atoms with Gasteiger partial charge in [0, 0.05) is 13.0 Å². The second-order valence-corrected chi connectivity index (χ2v) is 4.63. The van der Waals surface area contributed by atoms with Gasteiger partial charge in [-0.2, -0.15) is 0 Å². The lowest BCUT2D eigenvalue weighted by atomic mass is 9.97. The number of piperidine rings is 1. The van der Waals surface area contributed by atoms with Gasteiger partial charge in [0.25, 0.3) is 0 Å². The molecule has 2 amide bonds. The van der Waals surface area contributed by atoms with Crippen LogP contribution in [0.5, 0.6) is 0 Å². The number of hydrogen-bond acceptors (Lipinski definition) is 3. The van der Waals surface area contributed by atoms with E-state index in [4.69, 9.17) is 5.11 Å². The van der Waals surface area contributed by atoms with Gasteiger partial charge in [-0.1, -0.05) is 30.3 Å². The normalized spacial score (nSPS) is 19.3. The summed E-state index contributed by atoms with van der Waals surface area (Å²) in [6.45, 7) is -0.0141. The molecule has 0 aromatic heterocycles. The Labute approximate surface area is 110 Å². The third-order valence-electron chi connectivity index (χ3n) is 3.26. The topological polar surface area (TPSA) is 74.7 Å². The zero-order chi connectivity index (χ0) is 13.8. The molecule has 5 heteroatoms. The van der Waals surface area contributed by atoms with E-state index in [-0.39, 0.29) is 31.2 Å². The molecular formula is C14H15NO4. The molecule has 0 radical (unpaired) electrons. The molecule has 2 rings (SSSR count). The fourth-order valence-corrected chi connectivity index (χ4v) is 2.15. The molecule has 1 aromatic rings. The molecule has 1 aliphatic heterocycles. The second kappa shape index (κ2) is 5.65. The fraction of sp³-hybridized carbons (Fsp3) is 0.357. The lowest BCUT2D eigenvalue weighted by Gasteiger charge is -2.29. The maximum atomic E-state index is 12.1. The molecule has 0 aliphatic carbocycles. The number of nitrogens with zero attached hydrogens (tertiary/aromatic N) is 1. The van der Waals surface area contributed by atoms with Crippen LogP contribution in [0.3, 0.4) is 0 Å². The Bertz CT molecular complexity index is 497. The van der Waals surface area contributed by atoms with Gasteiger partial charge in [0.05, 0.1) is 12.3 Å². The van der Waals surface area contributed by atoms with Gasteiger partial charge in [-0.05, 0) is 12.0 Å². The monoisotopic (exact) mass is 261 g/mol. The second-order valence-electron chi connectivity index (χ2n) is 4.63. The van der Waals surface area contributed by atoms with Crippen LogP contribution in [0.15, 0.2) is 30.3 Å². The number of benzene rings is 1. The summed E-state index contributed by atoms with van der Waals surface area (Å²) < 4.78 is 0. The summed E-state index contributed by atoms with van der Waals surface area (Å²) in [6.07, 6.45) is 0.555. The van der Waals surface area contributed by atoms with Crippen LogP contribution in [0.2, 0.25) is 0 Å². The summed E-state index contributed by atoms with van der Waals surface area (Å²) in [5, 5.41) is 8.96. The summed E-state index contributed by atoms with van der Waals surface area (Å²) in [7, 11) is 0. The predicted octanol–water partition coefficient (Wildman–Crippen LogP) is 1.08. The van der Waals surface area contributed by atoms with Crippen LogP contribution in [0, 0.1) is 5.92 Å². The predicted molar refractivity (Wildman–Crippen MR) is 67.2 cm³/mol. The number of imide groups is 1. The molecule has 0 spiro atoms. The number of carbonyl (C=O) groups is 3. The Balaban J connectivity index is 2.04. The van der Waals surface area contributed by atoms with Crippen molar-refractivity contribution in [2.24, 2.45) is 5.92 Å². The van der Waals surface area contributed by atoms with Crippen LogP contribution in [0.4, 0.5) is 0 Å². The third-order valence-corrected chi connectivity index (χ3v) is 3.26. The van der Waals surface area contributed by atoms with Crippen molar-refractivity contribution >= 4 is 17.8 Å². The first-order chi connectivity index (χ1) is 9.08. The van der Waals surface area contributed by atoms with Crippen molar-refractivity contribution in [3.63, 3.8) is 0 Å². The van der Waals surface area contributed by atoms with Crippen LogP contribution in [0.25, 0.3) is 0 Å². The van der Waals surface area contributed by atoms with E-state index in [0.29, 0.717) is 6.42 Å². The van der Waals surface area contributed by atoms with E-state index in [1.165, 1.54) is 0 Å². The minimum Gasteiger partial charge on any atom is -0.481 e. The van der Waals surface area contributed by atoms with Gasteiger partial charge in [-0.25, -0.2) is 0 Å². The van der Waals surface area contributed by atoms with Crippen LogP contribution in [0.1, 0.15) is 18.4 Å². The minimum atomic E-state index is -0.954. The molecule has 1 fully saturated rings. The van der Waals surface area contributed by atoms with Crippen LogP contribution in [-0.2, 0) is 20.8 Å². The summed E-state index contributed by atoms with van der Waals surface area (Å²) in [4.78, 5) is 35.8. The Morgan fingerprint density at radius 2 is 1.95 bits per heavy atom. The molecule has 0 saturated carbocycles. The summed E-state index contributed by atoms with van der Waals surface area (Å²) in [5.74, 6) is -2.21. The zero-order valence-electron chi connectivity index (χ0n) is 10.4. The number of carbonyl (C=O) groups excluding carboxylic acids is 2. The molecular weight excluding hydrogens is 246 g/mol. The van der Waals surface area contributed by atoms with Crippen molar-refractivity contribution in [2.45, 2.75) is 19.3 Å². The number of hydrogen-bond donors (Lipinski definition) is 1. The van der Waals surface area contributed by atoms with Crippen LogP contribution < -0.4 is 0 Å². The van der Waals surface area contributed by atoms with Gasteiger partial charge in [-0.3, -0.25) is 19.3 Å². The first-order valence-electron chi connectivity index (χ1n) is 6.18. The van der Waals surface area contributed by atoms with E-state index >= 15 is 0 Å². The highest BCUT2D eigenvalue weighted by Gasteiger charge is 2.33. The maximum absolute atomic E-state index is 12.1. The Hall–Kier alpha value is -2.17. The van der Waals surface area contributed by atoms with Gasteiger partial charge in [0.15, 0.2) is 0 Å². The lowest BCUT2D eigenvalue weighted by molar-refractivity contribution is -0.152. The highest BCUT2D eigenvalue weighted by molar-refractivity contribution is 5.97. The van der Waals surface area contributed by atoms with E-state index < -0.39 is 11.9 Å². The highest BCUT2D eigenvalue weighted by Crippen LogP contribution is 2.18. The average molecular weight is 261 g/mol. The van der Waals surface area contributed by atoms with Crippen LogP contribution in [-0.4, -0.2) is 34.3 Å². The van der Waals surface area contributed by atoms with E-state index in [1.807, 2.05) is 18.2 Å². The molecule has 1 heterocycles. The Morgan fingerprint density at radius 3 is 2.58 bits per heavy atom. The molecule has 0 bridgehead atoms. The summed E-state index contributed by atoms with van der Waals surface area (Å²) in [6, 6.07) is 9.10. The van der Waals surface area contributed by atoms with Gasteiger partial charge >= 0.3 is 5.97 Å². The smallest absolute Gasteiger partial charge is 0.308 e. The first-order valence-corrected chi connectivity index (χ1v) is 6.18. The van der Waals surface area contributed by atoms with Gasteiger partial charge in [0.1, 0.15) is 0 Å². The molecule has 19 heavy (non-hydrogen) atoms. The highest BCUT2D eigenvalue weighted by atomic mass is 16.4. The van der Waals surface area contributed by atoms with Crippen molar-refractivity contribution in [1.29, 1.82) is 0 Å². The zero-order valence-corrected chi connectivity index (χ0v) is 10.4. The molecule has 5 nitrogen and oxygen atoms in total. The number of rotatable bonds is 3. The maximum Gasteiger partial charge on any atom is 0.308 e. The average Bonchev–Trinajstić information content (AvgIpc) is 2.40. The van der Waals surface area contributed by atoms with E-state index in [9.17, 15) is 14.4 Å². The summed E-state index contributed by atoms with van der Waals surface area (Å²) in [5.41, 5.74) is 0.817. The van der Waals surface area contributed by atoms with Crippen molar-refractivity contribution in [2.75, 3.05) is 6.54 Å². The summed E-state index contributed by atoms with van der Waals surface area (Å²) >= 11 is 0. The van der Waals surface area contributed by atoms with Gasteiger partial charge in [0.2, 0.25) is 11.8 Å². The largest absolute Gasteiger partial charge is 0.481 e. The standard InChI is InChI=1S/C14H15NO4/c16-12-7-6-11(14(18)19)9-15(12)13(17)8-10-4-2-1-3-5-10/h1-5,11H,6-9H2,(H,18,19). The molecule has 1 unspecified atom stereocenters. The molecule has 1 saturated heterocycles. The lowest BCUT2D eigenvalue weighted by Crippen LogP contribution is -2.46. The number of amides is 2. The van der Waals surface area contributed by atoms with Gasteiger partial charge < -0.3 is 5.11 Å². The number of carboxylic acids is 1. The Morgan fingerprint density at radius 1 is 1.26 bits per heavy atom. The minimum absolute atomic E-state index is 0.0141. The number of aliphatic carboxylic acids is 1. The number of carboxylic acid groups (broad SMARTS) is 1. The van der Waals surface area contributed by atoms with Crippen molar-refractivity contribution in [3.05, 3.63) is 35.9 Å². The molecule has 1 aliphatic rings. The van der Waals surface area contributed by atoms with Gasteiger partial charge in [-0.15, -0.1) is 0 Å². The van der Waals surface area contributed by atoms with Crippen molar-refractivity contribution in [3.8, 4) is 0 Å². The molecule has 1 atom stereocenters. The number of likely N-dealkylation sites (tertiary alicyclic amines) is 1. The van der Waals surface area contributed by atoms with E-state index in [0.717, 1.165) is 10.5 Å². The molecule has 100 valence electrons. The first kappa shape index (κ1) is 13.3. The van der Waals surface area contributed by atoms with E-state index in [1.54, 1.807) is 12.1 Å². The van der Waals surface area contributed by atoms with Crippen molar-refractivity contribution < 1.29 is 19.5 Å². The SMILES string of the molecule is O=C(O)C1CCC(=O)N(C(=O)Cc2ccccc2)C1. The Kier molecular flexibility index (Phi) is 3.94. The molecule has 1 aromatic carbocycles. The quantitative estimate of drug-likeness (QED) is 0.883. The van der Waals surface area contributed by atoms with E-state index in [2.05, 4.69) is 0 Å². The van der Waals surface area contributed by atoms with Crippen LogP contribution >= 0.6 is 0 Å². The third kappa shape index (κ3) is 3.19.